The van der Waals surface area contributed by atoms with Crippen molar-refractivity contribution >= 4 is 16.2 Å². The summed E-state index contributed by atoms with van der Waals surface area (Å²) in [7, 11) is -3.75. The average molecular weight is 306 g/mol. The van der Waals surface area contributed by atoms with Gasteiger partial charge >= 0.3 is 5.97 Å². The van der Waals surface area contributed by atoms with E-state index in [1.54, 1.807) is 0 Å². The van der Waals surface area contributed by atoms with Crippen LogP contribution in [0.25, 0.3) is 0 Å². The van der Waals surface area contributed by atoms with Crippen LogP contribution in [0.4, 0.5) is 0 Å². The van der Waals surface area contributed by atoms with Gasteiger partial charge in [-0.15, -0.1) is 0 Å². The predicted molar refractivity (Wildman–Crippen MR) is 77.7 cm³/mol. The highest BCUT2D eigenvalue weighted by molar-refractivity contribution is 7.87. The first-order valence-electron chi connectivity index (χ1n) is 7.40. The second-order valence-electron chi connectivity index (χ2n) is 5.45. The standard InChI is InChI=1S/C13H26N2O4S/c1-3-10-15(11-4-2)20(18,19)14-13(12(16)17)8-6-5-7-9-13/h14H,3-11H2,1-2H3,(H,16,17). The first-order valence-corrected chi connectivity index (χ1v) is 8.84. The van der Waals surface area contributed by atoms with E-state index in [1.165, 1.54) is 4.31 Å². The molecule has 0 aliphatic heterocycles. The lowest BCUT2D eigenvalue weighted by Crippen LogP contribution is -2.59. The molecule has 0 spiro atoms. The van der Waals surface area contributed by atoms with Crippen LogP contribution in [0, 0.1) is 0 Å². The summed E-state index contributed by atoms with van der Waals surface area (Å²) < 4.78 is 28.7. The molecule has 0 unspecified atom stereocenters. The van der Waals surface area contributed by atoms with Crippen LogP contribution in [0.2, 0.25) is 0 Å². The van der Waals surface area contributed by atoms with E-state index in [0.717, 1.165) is 19.3 Å². The molecule has 6 nitrogen and oxygen atoms in total. The number of rotatable bonds is 8. The molecule has 1 rings (SSSR count). The molecule has 0 aromatic rings. The van der Waals surface area contributed by atoms with E-state index in [2.05, 4.69) is 4.72 Å². The summed E-state index contributed by atoms with van der Waals surface area (Å²) in [6.45, 7) is 4.65. The smallest absolute Gasteiger partial charge is 0.324 e. The van der Waals surface area contributed by atoms with Crippen LogP contribution in [0.15, 0.2) is 0 Å². The van der Waals surface area contributed by atoms with Gasteiger partial charge in [-0.3, -0.25) is 4.79 Å². The summed E-state index contributed by atoms with van der Waals surface area (Å²) in [6, 6.07) is 0. The second-order valence-corrected chi connectivity index (χ2v) is 7.12. The average Bonchev–Trinajstić information content (AvgIpc) is 2.39. The lowest BCUT2D eigenvalue weighted by molar-refractivity contribution is -0.145. The highest BCUT2D eigenvalue weighted by Gasteiger charge is 2.44. The van der Waals surface area contributed by atoms with E-state index < -0.39 is 21.7 Å². The number of carboxylic acid groups (broad SMARTS) is 1. The molecule has 0 atom stereocenters. The summed E-state index contributed by atoms with van der Waals surface area (Å²) in [5, 5.41) is 9.45. The fraction of sp³-hybridized carbons (Fsp3) is 0.923. The second kappa shape index (κ2) is 7.38. The van der Waals surface area contributed by atoms with Crippen LogP contribution < -0.4 is 4.72 Å². The van der Waals surface area contributed by atoms with Crippen LogP contribution in [0.3, 0.4) is 0 Å². The van der Waals surface area contributed by atoms with Crippen molar-refractivity contribution in [2.24, 2.45) is 0 Å². The van der Waals surface area contributed by atoms with Crippen molar-refractivity contribution in [3.63, 3.8) is 0 Å². The Hall–Kier alpha value is -0.660. The van der Waals surface area contributed by atoms with Crippen LogP contribution in [-0.2, 0) is 15.0 Å². The Morgan fingerprint density at radius 3 is 2.05 bits per heavy atom. The molecule has 7 heteroatoms. The van der Waals surface area contributed by atoms with Crippen molar-refractivity contribution in [2.45, 2.75) is 64.3 Å². The summed E-state index contributed by atoms with van der Waals surface area (Å²) in [5.41, 5.74) is -1.32. The number of carboxylic acids is 1. The number of hydrogen-bond donors (Lipinski definition) is 2. The lowest BCUT2D eigenvalue weighted by Gasteiger charge is -2.35. The first-order chi connectivity index (χ1) is 9.38. The molecule has 2 N–H and O–H groups in total. The van der Waals surface area contributed by atoms with E-state index in [9.17, 15) is 18.3 Å². The number of carbonyl (C=O) groups is 1. The van der Waals surface area contributed by atoms with Gasteiger partial charge in [0, 0.05) is 13.1 Å². The van der Waals surface area contributed by atoms with Crippen molar-refractivity contribution in [1.29, 1.82) is 0 Å². The summed E-state index contributed by atoms with van der Waals surface area (Å²) in [5.74, 6) is -1.06. The van der Waals surface area contributed by atoms with Crippen molar-refractivity contribution in [3.05, 3.63) is 0 Å². The van der Waals surface area contributed by atoms with Gasteiger partial charge in [0.25, 0.3) is 10.2 Å². The highest BCUT2D eigenvalue weighted by atomic mass is 32.2. The fourth-order valence-corrected chi connectivity index (χ4v) is 4.44. The van der Waals surface area contributed by atoms with Crippen molar-refractivity contribution in [2.75, 3.05) is 13.1 Å². The highest BCUT2D eigenvalue weighted by Crippen LogP contribution is 2.29. The molecule has 0 bridgehead atoms. The Labute approximate surface area is 121 Å². The Morgan fingerprint density at radius 1 is 1.15 bits per heavy atom. The van der Waals surface area contributed by atoms with Crippen LogP contribution in [0.5, 0.6) is 0 Å². The van der Waals surface area contributed by atoms with Gasteiger partial charge in [0.15, 0.2) is 0 Å². The molecule has 0 aromatic heterocycles. The Morgan fingerprint density at radius 2 is 1.65 bits per heavy atom. The molecule has 0 heterocycles. The zero-order valence-corrected chi connectivity index (χ0v) is 13.2. The zero-order valence-electron chi connectivity index (χ0n) is 12.4. The molecule has 1 fully saturated rings. The Kier molecular flexibility index (Phi) is 6.42. The monoisotopic (exact) mass is 306 g/mol. The molecule has 0 radical (unpaired) electrons. The molecule has 0 amide bonds. The van der Waals surface area contributed by atoms with Gasteiger partial charge in [-0.1, -0.05) is 33.1 Å². The van der Waals surface area contributed by atoms with E-state index in [4.69, 9.17) is 0 Å². The predicted octanol–water partition coefficient (Wildman–Crippen LogP) is 1.73. The quantitative estimate of drug-likeness (QED) is 0.715. The van der Waals surface area contributed by atoms with Gasteiger partial charge in [-0.25, -0.2) is 0 Å². The molecule has 0 aromatic carbocycles. The third-order valence-corrected chi connectivity index (χ3v) is 5.42. The van der Waals surface area contributed by atoms with Gasteiger partial charge < -0.3 is 5.11 Å². The van der Waals surface area contributed by atoms with E-state index in [0.29, 0.717) is 38.8 Å². The largest absolute Gasteiger partial charge is 0.480 e. The maximum absolute atomic E-state index is 12.4. The van der Waals surface area contributed by atoms with Gasteiger partial charge in [-0.2, -0.15) is 17.4 Å². The molecule has 118 valence electrons. The molecular formula is C13H26N2O4S. The van der Waals surface area contributed by atoms with Gasteiger partial charge in [0.1, 0.15) is 5.54 Å². The zero-order chi connectivity index (χ0) is 15.2. The molecule has 1 aliphatic rings. The number of nitrogens with one attached hydrogen (secondary N) is 1. The third kappa shape index (κ3) is 4.17. The fourth-order valence-electron chi connectivity index (χ4n) is 2.68. The molecule has 1 aliphatic carbocycles. The van der Waals surface area contributed by atoms with Crippen LogP contribution in [0.1, 0.15) is 58.8 Å². The maximum atomic E-state index is 12.4. The normalized spacial score (nSPS) is 19.1. The van der Waals surface area contributed by atoms with Gasteiger partial charge in [0.05, 0.1) is 0 Å². The van der Waals surface area contributed by atoms with Gasteiger partial charge in [-0.05, 0) is 25.7 Å². The minimum Gasteiger partial charge on any atom is -0.480 e. The first kappa shape index (κ1) is 17.4. The molecular weight excluding hydrogens is 280 g/mol. The van der Waals surface area contributed by atoms with Crippen LogP contribution in [-0.4, -0.2) is 42.4 Å². The number of hydrogen-bond acceptors (Lipinski definition) is 3. The summed E-state index contributed by atoms with van der Waals surface area (Å²) in [6.07, 6.45) is 4.61. The third-order valence-electron chi connectivity index (χ3n) is 3.73. The van der Waals surface area contributed by atoms with Gasteiger partial charge in [0.2, 0.25) is 0 Å². The summed E-state index contributed by atoms with van der Waals surface area (Å²) >= 11 is 0. The van der Waals surface area contributed by atoms with Crippen molar-refractivity contribution in [1.82, 2.24) is 9.03 Å². The van der Waals surface area contributed by atoms with Crippen molar-refractivity contribution in [3.8, 4) is 0 Å². The van der Waals surface area contributed by atoms with E-state index in [1.807, 2.05) is 13.8 Å². The number of aliphatic carboxylic acids is 1. The topological polar surface area (TPSA) is 86.7 Å². The number of nitrogens with zero attached hydrogens (tertiary/aromatic N) is 1. The van der Waals surface area contributed by atoms with E-state index in [-0.39, 0.29) is 0 Å². The minimum absolute atomic E-state index is 0.369. The molecule has 0 saturated heterocycles. The lowest BCUT2D eigenvalue weighted by atomic mass is 9.83. The van der Waals surface area contributed by atoms with Crippen molar-refractivity contribution < 1.29 is 18.3 Å². The SMILES string of the molecule is CCCN(CCC)S(=O)(=O)NC1(C(=O)O)CCCCC1. The van der Waals surface area contributed by atoms with E-state index >= 15 is 0 Å². The Balaban J connectivity index is 2.92. The van der Waals surface area contributed by atoms with Crippen LogP contribution >= 0.6 is 0 Å². The minimum atomic E-state index is -3.75. The molecule has 20 heavy (non-hydrogen) atoms. The maximum Gasteiger partial charge on any atom is 0.324 e. The summed E-state index contributed by atoms with van der Waals surface area (Å²) in [4.78, 5) is 11.5. The Bertz CT molecular complexity index is 410. The molecule has 1 saturated carbocycles.